The summed E-state index contributed by atoms with van der Waals surface area (Å²) in [6.07, 6.45) is 4.85. The maximum atomic E-state index is 5.90. The Morgan fingerprint density at radius 1 is 1.20 bits per heavy atom. The first-order chi connectivity index (χ1) is 9.72. The molecule has 0 aliphatic carbocycles. The minimum Gasteiger partial charge on any atom is -0.347 e. The molecule has 3 heteroatoms. The second-order valence-corrected chi connectivity index (χ2v) is 5.34. The van der Waals surface area contributed by atoms with E-state index in [1.807, 2.05) is 19.2 Å². The molecule has 2 N–H and O–H groups in total. The van der Waals surface area contributed by atoms with Gasteiger partial charge in [-0.1, -0.05) is 12.1 Å². The normalized spacial score (nSPS) is 12.7. The van der Waals surface area contributed by atoms with Crippen LogP contribution in [0.4, 0.5) is 0 Å². The molecule has 20 heavy (non-hydrogen) atoms. The van der Waals surface area contributed by atoms with Crippen LogP contribution >= 0.6 is 0 Å². The van der Waals surface area contributed by atoms with Crippen molar-refractivity contribution in [3.63, 3.8) is 0 Å². The van der Waals surface area contributed by atoms with Crippen molar-refractivity contribution in [2.24, 2.45) is 5.73 Å². The molecule has 102 valence electrons. The van der Waals surface area contributed by atoms with Crippen LogP contribution in [-0.2, 0) is 13.0 Å². The van der Waals surface area contributed by atoms with Crippen LogP contribution in [0.25, 0.3) is 10.9 Å². The van der Waals surface area contributed by atoms with Crippen molar-refractivity contribution in [3.05, 3.63) is 66.1 Å². The Bertz CT molecular complexity index is 713. The SMILES string of the molecule is CC(N)Cc1cccn1Cc1ccc2ncccc2c1. The van der Waals surface area contributed by atoms with Gasteiger partial charge in [0.15, 0.2) is 0 Å². The molecule has 3 rings (SSSR count). The van der Waals surface area contributed by atoms with Crippen LogP contribution in [0, 0.1) is 0 Å². The molecule has 0 aliphatic rings. The second kappa shape index (κ2) is 5.47. The summed E-state index contributed by atoms with van der Waals surface area (Å²) in [6, 6.07) is 14.9. The van der Waals surface area contributed by atoms with Gasteiger partial charge in [0.25, 0.3) is 0 Å². The quantitative estimate of drug-likeness (QED) is 0.788. The fraction of sp³-hybridized carbons (Fsp3) is 0.235. The van der Waals surface area contributed by atoms with Crippen molar-refractivity contribution in [1.29, 1.82) is 0 Å². The van der Waals surface area contributed by atoms with E-state index in [1.165, 1.54) is 16.6 Å². The smallest absolute Gasteiger partial charge is 0.0702 e. The first-order valence-electron chi connectivity index (χ1n) is 6.95. The number of fused-ring (bicyclic) bond motifs is 1. The Kier molecular flexibility index (Phi) is 3.52. The van der Waals surface area contributed by atoms with Crippen LogP contribution in [0.5, 0.6) is 0 Å². The van der Waals surface area contributed by atoms with Gasteiger partial charge in [-0.25, -0.2) is 0 Å². The van der Waals surface area contributed by atoms with Gasteiger partial charge in [-0.05, 0) is 42.8 Å². The van der Waals surface area contributed by atoms with Gasteiger partial charge in [0, 0.05) is 42.5 Å². The third kappa shape index (κ3) is 2.73. The summed E-state index contributed by atoms with van der Waals surface area (Å²) >= 11 is 0. The van der Waals surface area contributed by atoms with Crippen molar-refractivity contribution in [1.82, 2.24) is 9.55 Å². The molecule has 0 fully saturated rings. The highest BCUT2D eigenvalue weighted by molar-refractivity contribution is 5.78. The van der Waals surface area contributed by atoms with Crippen LogP contribution in [0.1, 0.15) is 18.2 Å². The molecule has 0 saturated heterocycles. The molecule has 1 atom stereocenters. The molecule has 1 aromatic carbocycles. The number of nitrogens with two attached hydrogens (primary N) is 1. The average Bonchev–Trinajstić information content (AvgIpc) is 2.85. The monoisotopic (exact) mass is 265 g/mol. The van der Waals surface area contributed by atoms with Gasteiger partial charge >= 0.3 is 0 Å². The summed E-state index contributed by atoms with van der Waals surface area (Å²) in [5, 5.41) is 1.19. The maximum Gasteiger partial charge on any atom is 0.0702 e. The van der Waals surface area contributed by atoms with E-state index >= 15 is 0 Å². The third-order valence-electron chi connectivity index (χ3n) is 3.47. The van der Waals surface area contributed by atoms with E-state index in [1.54, 1.807) is 0 Å². The van der Waals surface area contributed by atoms with Crippen LogP contribution in [0.2, 0.25) is 0 Å². The average molecular weight is 265 g/mol. The summed E-state index contributed by atoms with van der Waals surface area (Å²) in [5.74, 6) is 0. The lowest BCUT2D eigenvalue weighted by Crippen LogP contribution is -2.20. The first kappa shape index (κ1) is 12.9. The Morgan fingerprint density at radius 3 is 2.95 bits per heavy atom. The molecule has 2 heterocycles. The van der Waals surface area contributed by atoms with Crippen LogP contribution in [0.15, 0.2) is 54.9 Å². The van der Waals surface area contributed by atoms with Gasteiger partial charge in [-0.15, -0.1) is 0 Å². The van der Waals surface area contributed by atoms with Gasteiger partial charge < -0.3 is 10.3 Å². The number of pyridine rings is 1. The minimum absolute atomic E-state index is 0.185. The number of aromatic nitrogens is 2. The van der Waals surface area contributed by atoms with E-state index in [-0.39, 0.29) is 6.04 Å². The summed E-state index contributed by atoms with van der Waals surface area (Å²) in [4.78, 5) is 4.35. The lowest BCUT2D eigenvalue weighted by molar-refractivity contribution is 0.666. The molecule has 0 aliphatic heterocycles. The predicted octanol–water partition coefficient (Wildman–Crippen LogP) is 2.97. The molecular formula is C17H19N3. The Hall–Kier alpha value is -2.13. The fourth-order valence-electron chi connectivity index (χ4n) is 2.54. The zero-order chi connectivity index (χ0) is 13.9. The van der Waals surface area contributed by atoms with Crippen molar-refractivity contribution in [2.45, 2.75) is 25.9 Å². The summed E-state index contributed by atoms with van der Waals surface area (Å²) < 4.78 is 2.26. The Labute approximate surface area is 119 Å². The van der Waals surface area contributed by atoms with Crippen molar-refractivity contribution < 1.29 is 0 Å². The Morgan fingerprint density at radius 2 is 2.10 bits per heavy atom. The molecule has 1 unspecified atom stereocenters. The lowest BCUT2D eigenvalue weighted by atomic mass is 10.1. The molecule has 2 aromatic heterocycles. The lowest BCUT2D eigenvalue weighted by Gasteiger charge is -2.11. The summed E-state index contributed by atoms with van der Waals surface area (Å²) in [7, 11) is 0. The number of rotatable bonds is 4. The van der Waals surface area contributed by atoms with Crippen molar-refractivity contribution in [3.8, 4) is 0 Å². The topological polar surface area (TPSA) is 43.8 Å². The van der Waals surface area contributed by atoms with E-state index < -0.39 is 0 Å². The van der Waals surface area contributed by atoms with Gasteiger partial charge in [0.2, 0.25) is 0 Å². The predicted molar refractivity (Wildman–Crippen MR) is 82.6 cm³/mol. The standard InChI is InChI=1S/C17H19N3/c1-13(18)10-16-5-3-9-20(16)12-14-6-7-17-15(11-14)4-2-8-19-17/h2-9,11,13H,10,12,18H2,1H3. The summed E-state index contributed by atoms with van der Waals surface area (Å²) in [5.41, 5.74) is 9.51. The van der Waals surface area contributed by atoms with Gasteiger partial charge in [-0.3, -0.25) is 4.98 Å². The number of hydrogen-bond donors (Lipinski definition) is 1. The third-order valence-corrected chi connectivity index (χ3v) is 3.47. The van der Waals surface area contributed by atoms with Gasteiger partial charge in [0.1, 0.15) is 0 Å². The van der Waals surface area contributed by atoms with Crippen molar-refractivity contribution >= 4 is 10.9 Å². The van der Waals surface area contributed by atoms with Gasteiger partial charge in [0.05, 0.1) is 5.52 Å². The molecule has 0 spiro atoms. The van der Waals surface area contributed by atoms with Crippen LogP contribution in [0.3, 0.4) is 0 Å². The zero-order valence-electron chi connectivity index (χ0n) is 11.7. The van der Waals surface area contributed by atoms with Crippen LogP contribution in [-0.4, -0.2) is 15.6 Å². The largest absolute Gasteiger partial charge is 0.347 e. The molecule has 3 aromatic rings. The molecule has 0 radical (unpaired) electrons. The zero-order valence-corrected chi connectivity index (χ0v) is 11.7. The van der Waals surface area contributed by atoms with E-state index in [0.717, 1.165) is 18.5 Å². The number of nitrogens with zero attached hydrogens (tertiary/aromatic N) is 2. The number of hydrogen-bond acceptors (Lipinski definition) is 2. The Balaban J connectivity index is 1.87. The molecule has 0 bridgehead atoms. The fourth-order valence-corrected chi connectivity index (χ4v) is 2.54. The first-order valence-corrected chi connectivity index (χ1v) is 6.95. The molecule has 0 amide bonds. The number of benzene rings is 1. The highest BCUT2D eigenvalue weighted by Gasteiger charge is 2.05. The maximum absolute atomic E-state index is 5.90. The minimum atomic E-state index is 0.185. The van der Waals surface area contributed by atoms with Crippen molar-refractivity contribution in [2.75, 3.05) is 0 Å². The highest BCUT2D eigenvalue weighted by atomic mass is 15.0. The van der Waals surface area contributed by atoms with E-state index in [0.29, 0.717) is 0 Å². The van der Waals surface area contributed by atoms with E-state index in [2.05, 4.69) is 52.1 Å². The van der Waals surface area contributed by atoms with E-state index in [9.17, 15) is 0 Å². The molecule has 0 saturated carbocycles. The molecular weight excluding hydrogens is 246 g/mol. The summed E-state index contributed by atoms with van der Waals surface area (Å²) in [6.45, 7) is 2.92. The highest BCUT2D eigenvalue weighted by Crippen LogP contribution is 2.15. The van der Waals surface area contributed by atoms with Crippen LogP contribution < -0.4 is 5.73 Å². The second-order valence-electron chi connectivity index (χ2n) is 5.34. The molecule has 3 nitrogen and oxygen atoms in total. The van der Waals surface area contributed by atoms with E-state index in [4.69, 9.17) is 5.73 Å². The van der Waals surface area contributed by atoms with Gasteiger partial charge in [-0.2, -0.15) is 0 Å².